The van der Waals surface area contributed by atoms with Gasteiger partial charge < -0.3 is 15.5 Å². The van der Waals surface area contributed by atoms with Gasteiger partial charge >= 0.3 is 0 Å². The second kappa shape index (κ2) is 8.62. The molecular formula is C20H29N3O2S. The van der Waals surface area contributed by atoms with Gasteiger partial charge in [0.25, 0.3) is 5.91 Å². The van der Waals surface area contributed by atoms with E-state index in [0.717, 1.165) is 25.7 Å². The molecule has 0 saturated heterocycles. The van der Waals surface area contributed by atoms with Crippen molar-refractivity contribution < 1.29 is 9.59 Å². The molecule has 5 nitrogen and oxygen atoms in total. The number of rotatable bonds is 3. The zero-order valence-corrected chi connectivity index (χ0v) is 16.9. The minimum Gasteiger partial charge on any atom is -0.349 e. The first-order valence-corrected chi connectivity index (χ1v) is 9.60. The number of para-hydroxylation sites is 1. The molecule has 2 rings (SSSR count). The largest absolute Gasteiger partial charge is 0.349 e. The molecule has 2 N–H and O–H groups in total. The second-order valence-electron chi connectivity index (χ2n) is 7.89. The molecule has 1 aliphatic carbocycles. The number of hydrogen-bond acceptors (Lipinski definition) is 3. The van der Waals surface area contributed by atoms with Gasteiger partial charge in [0.15, 0.2) is 5.11 Å². The molecule has 0 aromatic heterocycles. The first-order valence-electron chi connectivity index (χ1n) is 9.19. The van der Waals surface area contributed by atoms with Gasteiger partial charge in [-0.1, -0.05) is 52.2 Å². The number of thiocarbonyl (C=S) groups is 1. The smallest absolute Gasteiger partial charge is 0.253 e. The van der Waals surface area contributed by atoms with E-state index in [1.807, 2.05) is 39.0 Å². The summed E-state index contributed by atoms with van der Waals surface area (Å²) >= 11 is 5.37. The standard InChI is InChI=1S/C20H29N3O2S/c1-20(2,3)18(25)22-19(26)23(4)16-13-9-8-12-15(16)17(24)21-14-10-6-5-7-11-14/h8-9,12-14H,5-7,10-11H2,1-4H3,(H,21,24)(H,22,25,26). The van der Waals surface area contributed by atoms with Crippen LogP contribution in [0.2, 0.25) is 0 Å². The maximum absolute atomic E-state index is 12.8. The van der Waals surface area contributed by atoms with Crippen molar-refractivity contribution in [3.8, 4) is 0 Å². The number of anilines is 1. The first kappa shape index (κ1) is 20.4. The molecule has 0 bridgehead atoms. The van der Waals surface area contributed by atoms with Crippen LogP contribution >= 0.6 is 12.2 Å². The summed E-state index contributed by atoms with van der Waals surface area (Å²) in [7, 11) is 1.76. The molecular weight excluding hydrogens is 346 g/mol. The molecule has 1 aromatic carbocycles. The van der Waals surface area contributed by atoms with Gasteiger partial charge in [-0.2, -0.15) is 0 Å². The van der Waals surface area contributed by atoms with Crippen LogP contribution in [0.25, 0.3) is 0 Å². The molecule has 1 saturated carbocycles. The molecule has 0 unspecified atom stereocenters. The van der Waals surface area contributed by atoms with Crippen LogP contribution in [0.5, 0.6) is 0 Å². The molecule has 6 heteroatoms. The van der Waals surface area contributed by atoms with Gasteiger partial charge in [0.1, 0.15) is 0 Å². The fourth-order valence-corrected chi connectivity index (χ4v) is 3.14. The van der Waals surface area contributed by atoms with Gasteiger partial charge in [0.05, 0.1) is 11.3 Å². The lowest BCUT2D eigenvalue weighted by atomic mass is 9.95. The fourth-order valence-electron chi connectivity index (χ4n) is 2.95. The molecule has 0 aliphatic heterocycles. The lowest BCUT2D eigenvalue weighted by Crippen LogP contribution is -2.46. The van der Waals surface area contributed by atoms with Crippen molar-refractivity contribution in [2.45, 2.75) is 58.9 Å². The van der Waals surface area contributed by atoms with Crippen LogP contribution < -0.4 is 15.5 Å². The minimum atomic E-state index is -0.539. The quantitative estimate of drug-likeness (QED) is 0.792. The molecule has 1 aromatic rings. The summed E-state index contributed by atoms with van der Waals surface area (Å²) < 4.78 is 0. The van der Waals surface area contributed by atoms with Crippen molar-refractivity contribution in [2.24, 2.45) is 5.41 Å². The third-order valence-corrected chi connectivity index (χ3v) is 5.03. The molecule has 1 aliphatic rings. The number of nitrogens with zero attached hydrogens (tertiary/aromatic N) is 1. The van der Waals surface area contributed by atoms with Crippen LogP contribution in [0.4, 0.5) is 5.69 Å². The molecule has 142 valence electrons. The highest BCUT2D eigenvalue weighted by Crippen LogP contribution is 2.22. The van der Waals surface area contributed by atoms with Crippen LogP contribution in [0.15, 0.2) is 24.3 Å². The van der Waals surface area contributed by atoms with Crippen molar-refractivity contribution in [1.82, 2.24) is 10.6 Å². The Morgan fingerprint density at radius 2 is 1.73 bits per heavy atom. The van der Waals surface area contributed by atoms with E-state index < -0.39 is 5.41 Å². The Balaban J connectivity index is 2.12. The minimum absolute atomic E-state index is 0.0932. The van der Waals surface area contributed by atoms with E-state index in [1.165, 1.54) is 6.42 Å². The predicted octanol–water partition coefficient (Wildman–Crippen LogP) is 3.63. The lowest BCUT2D eigenvalue weighted by Gasteiger charge is -2.27. The number of carbonyl (C=O) groups is 2. The average Bonchev–Trinajstić information content (AvgIpc) is 2.61. The van der Waals surface area contributed by atoms with Crippen molar-refractivity contribution in [3.63, 3.8) is 0 Å². The Morgan fingerprint density at radius 3 is 2.35 bits per heavy atom. The van der Waals surface area contributed by atoms with Crippen molar-refractivity contribution in [1.29, 1.82) is 0 Å². The Bertz CT molecular complexity index is 676. The van der Waals surface area contributed by atoms with Crippen LogP contribution in [-0.4, -0.2) is 30.0 Å². The highest BCUT2D eigenvalue weighted by molar-refractivity contribution is 7.80. The molecule has 0 spiro atoms. The Morgan fingerprint density at radius 1 is 1.12 bits per heavy atom. The molecule has 0 heterocycles. The summed E-state index contributed by atoms with van der Waals surface area (Å²) in [6.07, 6.45) is 5.63. The van der Waals surface area contributed by atoms with Gasteiger partial charge in [0.2, 0.25) is 5.91 Å². The number of amides is 2. The molecule has 1 fully saturated rings. The monoisotopic (exact) mass is 375 g/mol. The number of carbonyl (C=O) groups excluding carboxylic acids is 2. The molecule has 2 amide bonds. The van der Waals surface area contributed by atoms with Crippen molar-refractivity contribution in [2.75, 3.05) is 11.9 Å². The van der Waals surface area contributed by atoms with E-state index in [2.05, 4.69) is 10.6 Å². The van der Waals surface area contributed by atoms with Gasteiger partial charge in [-0.3, -0.25) is 9.59 Å². The molecule has 26 heavy (non-hydrogen) atoms. The maximum atomic E-state index is 12.8. The summed E-state index contributed by atoms with van der Waals surface area (Å²) in [5, 5.41) is 6.17. The van der Waals surface area contributed by atoms with Gasteiger partial charge in [0, 0.05) is 18.5 Å². The van der Waals surface area contributed by atoms with Gasteiger partial charge in [-0.25, -0.2) is 0 Å². The number of hydrogen-bond donors (Lipinski definition) is 2. The summed E-state index contributed by atoms with van der Waals surface area (Å²) in [5.41, 5.74) is 0.705. The summed E-state index contributed by atoms with van der Waals surface area (Å²) in [5.74, 6) is -0.247. The predicted molar refractivity (Wildman–Crippen MR) is 109 cm³/mol. The average molecular weight is 376 g/mol. The van der Waals surface area contributed by atoms with E-state index in [1.54, 1.807) is 18.0 Å². The van der Waals surface area contributed by atoms with Crippen LogP contribution in [0.1, 0.15) is 63.2 Å². The van der Waals surface area contributed by atoms with E-state index in [0.29, 0.717) is 11.3 Å². The topological polar surface area (TPSA) is 61.4 Å². The fraction of sp³-hybridized carbons (Fsp3) is 0.550. The lowest BCUT2D eigenvalue weighted by molar-refractivity contribution is -0.126. The Hall–Kier alpha value is -1.95. The van der Waals surface area contributed by atoms with E-state index in [-0.39, 0.29) is 23.0 Å². The van der Waals surface area contributed by atoms with Crippen molar-refractivity contribution >= 4 is 34.8 Å². The highest BCUT2D eigenvalue weighted by atomic mass is 32.1. The normalized spacial score (nSPS) is 15.2. The molecule has 0 atom stereocenters. The summed E-state index contributed by atoms with van der Waals surface area (Å²) in [4.78, 5) is 26.6. The Kier molecular flexibility index (Phi) is 6.75. The van der Waals surface area contributed by atoms with Crippen molar-refractivity contribution in [3.05, 3.63) is 29.8 Å². The zero-order valence-electron chi connectivity index (χ0n) is 16.1. The van der Waals surface area contributed by atoms with Crippen LogP contribution in [-0.2, 0) is 4.79 Å². The third kappa shape index (κ3) is 5.27. The summed E-state index contributed by atoms with van der Waals surface area (Å²) in [6, 6.07) is 7.56. The van der Waals surface area contributed by atoms with E-state index >= 15 is 0 Å². The second-order valence-corrected chi connectivity index (χ2v) is 8.28. The van der Waals surface area contributed by atoms with Crippen LogP contribution in [0, 0.1) is 5.41 Å². The number of benzene rings is 1. The maximum Gasteiger partial charge on any atom is 0.253 e. The van der Waals surface area contributed by atoms with E-state index in [4.69, 9.17) is 12.2 Å². The van der Waals surface area contributed by atoms with Gasteiger partial charge in [-0.15, -0.1) is 0 Å². The number of nitrogens with one attached hydrogen (secondary N) is 2. The molecule has 0 radical (unpaired) electrons. The first-order chi connectivity index (χ1) is 12.2. The van der Waals surface area contributed by atoms with Gasteiger partial charge in [-0.05, 0) is 37.2 Å². The van der Waals surface area contributed by atoms with E-state index in [9.17, 15) is 9.59 Å². The summed E-state index contributed by atoms with van der Waals surface area (Å²) in [6.45, 7) is 5.49. The zero-order chi connectivity index (χ0) is 19.3. The SMILES string of the molecule is CN(C(=S)NC(=O)C(C)(C)C)c1ccccc1C(=O)NC1CCCCC1. The van der Waals surface area contributed by atoms with Crippen LogP contribution in [0.3, 0.4) is 0 Å². The highest BCUT2D eigenvalue weighted by Gasteiger charge is 2.25. The third-order valence-electron chi connectivity index (χ3n) is 4.66. The Labute approximate surface area is 161 Å².